The van der Waals surface area contributed by atoms with E-state index in [2.05, 4.69) is 116 Å². The zero-order chi connectivity index (χ0) is 111. The summed E-state index contributed by atoms with van der Waals surface area (Å²) in [7, 11) is 2.64. The van der Waals surface area contributed by atoms with E-state index in [4.69, 9.17) is 123 Å². The molecule has 12 rings (SSSR count). The first-order valence-electron chi connectivity index (χ1n) is 47.6. The first-order chi connectivity index (χ1) is 67.8. The second-order valence-corrected chi connectivity index (χ2v) is 41.7. The summed E-state index contributed by atoms with van der Waals surface area (Å²) < 4.78 is 92.7. The summed E-state index contributed by atoms with van der Waals surface area (Å²) in [5, 5.41) is 62.5. The van der Waals surface area contributed by atoms with Gasteiger partial charge in [0.1, 0.15) is 70.3 Å². The standard InChI is InChI=1S/C21H34N4O3S.C13H19N3O3S.C13H19N3O2.C9H15N3O4.C9H18O2S.C8H17NO2S.C8H16O3.C7H15NO3.C4H6O4.C2H4O2.CH3Cl.CH4O.B.ClH.Na/c1-8-25-10-14(17-18(25)19(24-13-23-17)28-20(2,3)4)9-22-15(12-29-7)16-11-26-21(5,6)27-16;1-20-6-10(11(18)5-17)14-4-8-2-3-9-12(8)15-7-16-13(9)19;1-6-16-7-9(17-5)10-11(16)12(15-8-14-10)18-13(2,3)4;1-4-14-8(13)7(11-12-10)6-5-15-9(2,3)16-6;1-7(6-12-4)8-5-10-9(2,3)11-8;1-8(2)10-4-7(11-8)6(9)5-12-3;1-6(4-9)7-5-10-8(2,3)11-7;1-7(2)10-4-6(11-7)5(8)3-9;1-3(5)7-8-4(2)6;1-2(3)4;2*1-2;;;/h10,13,15-16,22H,8-9,11-12H2,1-7H3;2,7,10-11,14,17-18H,3-6H2,1H3,(H,15,16,19);7-8H,6H2,1-5H3;6-7H,4-5H2,1-3H3;7-8H,5-6H2,1-4H3;6-7H,4-5,9H2,1-3H3;6-7,9H,4-5H2,1-3H3;5-6,9H,3-4,8H2,1-2H3;1-2H3;1H3,(H,3,4);1H3;2H,1H3;;1H;/q;;;;;;;;;;;;;;+1/p-1/t15-,16+;10-,11+;;6-,7-;7-,8+;2*6-,7+;5-,6+;;;;;;;/m11.01111......./s1. The molecular formula is C96H170BCl2N15NaO29S4. The number of carbonyl (C=O) groups excluding carboxylic acids is 4. The molecule has 0 bridgehead atoms. The summed E-state index contributed by atoms with van der Waals surface area (Å²) in [5.41, 5.74) is 26.2. The van der Waals surface area contributed by atoms with Gasteiger partial charge in [0, 0.05) is 144 Å². The van der Waals surface area contributed by atoms with Gasteiger partial charge in [-0.2, -0.15) is 57.0 Å². The first kappa shape index (κ1) is 147. The number of ether oxygens (including phenoxy) is 16. The molecule has 6 fully saturated rings. The van der Waals surface area contributed by atoms with Crippen LogP contribution in [0.5, 0.6) is 17.5 Å². The predicted molar refractivity (Wildman–Crippen MR) is 574 cm³/mol. The number of nitrogens with two attached hydrogens (primary N) is 2. The Morgan fingerprint density at radius 3 is 1.39 bits per heavy atom. The number of methoxy groups -OCH3 is 1. The van der Waals surface area contributed by atoms with E-state index in [0.717, 1.165) is 109 Å². The second-order valence-electron chi connectivity index (χ2n) is 38.0. The number of carboxylic acids is 1. The molecule has 0 aromatic carbocycles. The van der Waals surface area contributed by atoms with Gasteiger partial charge in [-0.3, -0.25) is 9.59 Å². The van der Waals surface area contributed by atoms with E-state index in [1.807, 2.05) is 159 Å². The van der Waals surface area contributed by atoms with Crippen molar-refractivity contribution in [3.05, 3.63) is 75.1 Å². The number of carboxylic acid groups (broad SMARTS) is 1. The predicted octanol–water partition coefficient (Wildman–Crippen LogP) is 6.48. The van der Waals surface area contributed by atoms with Gasteiger partial charge in [0.2, 0.25) is 11.8 Å². The van der Waals surface area contributed by atoms with Gasteiger partial charge in [0.15, 0.2) is 46.5 Å². The number of aromatic nitrogens is 8. The number of allylic oxidation sites excluding steroid dienone is 1. The number of carbonyl (C=O) groups is 4. The third-order valence-electron chi connectivity index (χ3n) is 20.7. The van der Waals surface area contributed by atoms with Gasteiger partial charge >= 0.3 is 47.5 Å². The fourth-order valence-corrected chi connectivity index (χ4v) is 16.6. The van der Waals surface area contributed by atoms with Gasteiger partial charge in [-0.1, -0.05) is 25.0 Å². The van der Waals surface area contributed by atoms with E-state index in [1.165, 1.54) is 19.0 Å². The fraction of sp³-hybridized carbons (Fsp3) is 0.771. The molecule has 11 heterocycles. The van der Waals surface area contributed by atoms with E-state index >= 15 is 0 Å². The molecule has 0 unspecified atom stereocenters. The van der Waals surface area contributed by atoms with Crippen molar-refractivity contribution in [2.24, 2.45) is 28.4 Å². The minimum atomic E-state index is -1.08. The molecule has 3 radical (unpaired) electrons. The number of aliphatic hydroxyl groups is 5. The number of aliphatic carboxylic acids is 1. The number of H-pyrrole nitrogens is 1. The number of hydrogen-bond donors (Lipinski definition) is 10. The Kier molecular flexibility index (Phi) is 72.6. The van der Waals surface area contributed by atoms with Crippen LogP contribution in [0.15, 0.2) is 47.4 Å². The number of fused-ring (bicyclic) bond motifs is 3. The van der Waals surface area contributed by atoms with Crippen LogP contribution in [0.3, 0.4) is 0 Å². The molecule has 0 saturated carbocycles. The van der Waals surface area contributed by atoms with E-state index in [1.54, 1.807) is 69.5 Å². The van der Waals surface area contributed by atoms with Crippen molar-refractivity contribution >= 4 is 131 Å². The number of rotatable bonds is 32. The summed E-state index contributed by atoms with van der Waals surface area (Å²) >= 11 is 11.6. The minimum Gasteiger partial charge on any atom is -0.550 e. The van der Waals surface area contributed by atoms with Crippen LogP contribution >= 0.6 is 71.1 Å². The van der Waals surface area contributed by atoms with Crippen LogP contribution in [0.2, 0.25) is 0 Å². The molecule has 52 heteroatoms. The molecule has 12 N–H and O–H groups in total. The zero-order valence-electron chi connectivity index (χ0n) is 93.1. The number of aromatic amines is 1. The van der Waals surface area contributed by atoms with Crippen LogP contribution in [0.25, 0.3) is 38.1 Å². The second kappa shape index (κ2) is 73.2. The van der Waals surface area contributed by atoms with Gasteiger partial charge < -0.3 is 147 Å². The van der Waals surface area contributed by atoms with Gasteiger partial charge in [0.05, 0.1) is 103 Å². The Bertz CT molecular complexity index is 4630. The smallest absolute Gasteiger partial charge is 0.550 e. The molecule has 6 aliphatic heterocycles. The van der Waals surface area contributed by atoms with Crippen LogP contribution < -0.4 is 76.5 Å². The average Bonchev–Trinajstić information content (AvgIpc) is 1.63. The number of nitrogens with zero attached hydrogens (tertiary/aromatic N) is 10. The number of thioether (sulfide) groups is 4. The quantitative estimate of drug-likeness (QED) is 0.00322. The molecule has 14 atom stereocenters. The van der Waals surface area contributed by atoms with Crippen molar-refractivity contribution < 1.29 is 165 Å². The van der Waals surface area contributed by atoms with Crippen molar-refractivity contribution in [2.45, 2.75) is 325 Å². The summed E-state index contributed by atoms with van der Waals surface area (Å²) in [5.74, 6) is 0.377. The summed E-state index contributed by atoms with van der Waals surface area (Å²) in [6, 6.07) is -1.24. The van der Waals surface area contributed by atoms with E-state index < -0.39 is 71.1 Å². The van der Waals surface area contributed by atoms with Crippen LogP contribution in [0, 0.1) is 11.8 Å². The van der Waals surface area contributed by atoms with Crippen LogP contribution in [-0.2, 0) is 117 Å². The van der Waals surface area contributed by atoms with E-state index in [-0.39, 0.29) is 167 Å². The van der Waals surface area contributed by atoms with E-state index in [0.29, 0.717) is 74.9 Å². The van der Waals surface area contributed by atoms with Gasteiger partial charge in [-0.15, -0.1) is 24.0 Å². The van der Waals surface area contributed by atoms with Crippen molar-refractivity contribution in [2.75, 3.05) is 141 Å². The number of alkyl halides is 1. The molecule has 5 aromatic rings. The maximum absolute atomic E-state index is 11.6. The Balaban J connectivity index is -0.00000161. The molecule has 0 amide bonds. The summed E-state index contributed by atoms with van der Waals surface area (Å²) in [6.07, 6.45) is 19.7. The minimum absolute atomic E-state index is 0. The Morgan fingerprint density at radius 1 is 0.601 bits per heavy atom. The Morgan fingerprint density at radius 2 is 1.01 bits per heavy atom. The molecule has 0 spiro atoms. The van der Waals surface area contributed by atoms with Crippen molar-refractivity contribution in [3.8, 4) is 17.5 Å². The zero-order valence-corrected chi connectivity index (χ0v) is 100.0. The SMILES string of the molecule is CC(=O)OOC(C)=O.CC(=O)[O-].CC1(C)OC[C@@H]([C@H](N)CO)O1.CCOC(=O)[C@@H](N=[N+]=[N-])[C@@H]1COC(C)(C)O1.CCl.CCn1cc(CN[C@H](CSC)[C@@H]2COC(C)(C)O2)c2ncnc(OC(C)(C)C)c21.CCn1cc(OC)c2ncnc(OC(C)(C)C)c21.CO.CSC[C@@H](C)[C@@H]1COC(C)(C)O1.CSC[C@@H](N)[C@@H]1COC(C)(C)O1.CSC[C@@H](NCC1=CCc2c1nc[nH]c2=O)[C@@H](O)CO.C[C@H](CO)[C@@H]1COC(C)(C)O1.Cl.[B].[Na+]. The van der Waals surface area contributed by atoms with Crippen molar-refractivity contribution in [1.29, 1.82) is 0 Å². The van der Waals surface area contributed by atoms with E-state index in [9.17, 15) is 24.3 Å². The molecule has 6 saturated heterocycles. The number of esters is 1. The topological polar surface area (TPSA) is 591 Å². The number of aliphatic hydroxyl groups excluding tert-OH is 5. The molecule has 7 aliphatic rings. The molecule has 1 aliphatic carbocycles. The van der Waals surface area contributed by atoms with Gasteiger partial charge in [-0.05, 0) is 207 Å². The summed E-state index contributed by atoms with van der Waals surface area (Å²) in [4.78, 5) is 86.2. The average molecular weight is 2230 g/mol. The van der Waals surface area contributed by atoms with Crippen LogP contribution in [0.4, 0.5) is 0 Å². The van der Waals surface area contributed by atoms with Gasteiger partial charge in [-0.25, -0.2) is 34.3 Å². The molecular weight excluding hydrogens is 2060 g/mol. The Labute approximate surface area is 926 Å². The van der Waals surface area contributed by atoms with Crippen molar-refractivity contribution in [1.82, 2.24) is 49.7 Å². The number of halogens is 2. The maximum atomic E-state index is 11.6. The largest absolute Gasteiger partial charge is 1.00 e. The fourth-order valence-electron chi connectivity index (χ4n) is 13.9. The molecule has 845 valence electrons. The summed E-state index contributed by atoms with van der Waals surface area (Å²) in [6.45, 7) is 54.1. The normalized spacial score (nSPS) is 20.7. The third-order valence-corrected chi connectivity index (χ3v) is 23.7. The van der Waals surface area contributed by atoms with Crippen molar-refractivity contribution in [3.63, 3.8) is 0 Å². The maximum Gasteiger partial charge on any atom is 1.00 e. The van der Waals surface area contributed by atoms with Crippen LogP contribution in [0.1, 0.15) is 197 Å². The molecule has 148 heavy (non-hydrogen) atoms. The molecule has 44 nitrogen and oxygen atoms in total. The number of hydrogen-bond acceptors (Lipinski definition) is 43. The number of aryl methyl sites for hydroxylation is 2. The third kappa shape index (κ3) is 55.3. The number of nitrogens with one attached hydrogen (secondary N) is 3. The number of azide groups is 1. The molecule has 5 aromatic heterocycles. The van der Waals surface area contributed by atoms with Gasteiger partial charge in [0.25, 0.3) is 5.56 Å². The van der Waals surface area contributed by atoms with Crippen LogP contribution in [-0.4, -0.2) is 357 Å². The first-order valence-corrected chi connectivity index (χ1v) is 53.9. The monoisotopic (exact) mass is 2230 g/mol. The Hall–Kier alpha value is -5.35.